The number of carbonyl (C=O) groups excluding carboxylic acids is 2. The van der Waals surface area contributed by atoms with Gasteiger partial charge in [0, 0.05) is 31.3 Å². The summed E-state index contributed by atoms with van der Waals surface area (Å²) >= 11 is 1.35. The summed E-state index contributed by atoms with van der Waals surface area (Å²) < 4.78 is 5.43. The van der Waals surface area contributed by atoms with Gasteiger partial charge < -0.3 is 10.1 Å². The van der Waals surface area contributed by atoms with Crippen LogP contribution in [-0.4, -0.2) is 46.8 Å². The SMILES string of the molecule is CCN=C1S[C@@H](C(=O)Nc2cccc(OCC)c2)CC(=O)N1CC. The number of benzene rings is 1. The van der Waals surface area contributed by atoms with E-state index < -0.39 is 5.25 Å². The van der Waals surface area contributed by atoms with Gasteiger partial charge in [0.15, 0.2) is 5.17 Å². The third-order valence-corrected chi connectivity index (χ3v) is 4.68. The number of amidine groups is 1. The maximum atomic E-state index is 12.5. The van der Waals surface area contributed by atoms with Gasteiger partial charge in [0.1, 0.15) is 11.0 Å². The van der Waals surface area contributed by atoms with E-state index in [2.05, 4.69) is 10.3 Å². The normalized spacial score (nSPS) is 19.5. The molecule has 0 unspecified atom stereocenters. The molecule has 7 heteroatoms. The summed E-state index contributed by atoms with van der Waals surface area (Å²) in [5, 5.41) is 3.01. The molecule has 1 aliphatic rings. The van der Waals surface area contributed by atoms with Crippen molar-refractivity contribution in [3.05, 3.63) is 24.3 Å². The average molecular weight is 349 g/mol. The van der Waals surface area contributed by atoms with Gasteiger partial charge in [-0.1, -0.05) is 17.8 Å². The molecule has 0 aliphatic carbocycles. The summed E-state index contributed by atoms with van der Waals surface area (Å²) in [5.41, 5.74) is 0.658. The van der Waals surface area contributed by atoms with Crippen molar-refractivity contribution >= 4 is 34.4 Å². The Kier molecular flexibility index (Phi) is 6.66. The second kappa shape index (κ2) is 8.73. The average Bonchev–Trinajstić information content (AvgIpc) is 2.55. The van der Waals surface area contributed by atoms with Crippen molar-refractivity contribution in [2.24, 2.45) is 4.99 Å². The number of nitrogens with zero attached hydrogens (tertiary/aromatic N) is 2. The van der Waals surface area contributed by atoms with Crippen LogP contribution >= 0.6 is 11.8 Å². The van der Waals surface area contributed by atoms with Gasteiger partial charge in [-0.3, -0.25) is 19.5 Å². The van der Waals surface area contributed by atoms with Gasteiger partial charge in [-0.2, -0.15) is 0 Å². The third-order valence-electron chi connectivity index (χ3n) is 3.45. The van der Waals surface area contributed by atoms with Crippen LogP contribution in [0.25, 0.3) is 0 Å². The van der Waals surface area contributed by atoms with Gasteiger partial charge in [0.2, 0.25) is 11.8 Å². The number of carbonyl (C=O) groups is 2. The Morgan fingerprint density at radius 3 is 2.88 bits per heavy atom. The van der Waals surface area contributed by atoms with Crippen molar-refractivity contribution < 1.29 is 14.3 Å². The fourth-order valence-electron chi connectivity index (χ4n) is 2.38. The molecule has 1 N–H and O–H groups in total. The summed E-state index contributed by atoms with van der Waals surface area (Å²) in [6.07, 6.45) is 0.179. The Morgan fingerprint density at radius 1 is 1.42 bits per heavy atom. The van der Waals surface area contributed by atoms with E-state index in [4.69, 9.17) is 4.74 Å². The molecule has 0 saturated carbocycles. The minimum Gasteiger partial charge on any atom is -0.494 e. The lowest BCUT2D eigenvalue weighted by Crippen LogP contribution is -2.45. The van der Waals surface area contributed by atoms with Crippen molar-refractivity contribution in [2.45, 2.75) is 32.4 Å². The van der Waals surface area contributed by atoms with Crippen molar-refractivity contribution in [2.75, 3.05) is 25.0 Å². The zero-order valence-electron chi connectivity index (χ0n) is 14.2. The maximum absolute atomic E-state index is 12.5. The van der Waals surface area contributed by atoms with Crippen molar-refractivity contribution in [3.63, 3.8) is 0 Å². The molecule has 6 nitrogen and oxygen atoms in total. The zero-order valence-corrected chi connectivity index (χ0v) is 15.1. The van der Waals surface area contributed by atoms with Crippen LogP contribution in [0.5, 0.6) is 5.75 Å². The number of aliphatic imine (C=N–C) groups is 1. The van der Waals surface area contributed by atoms with Gasteiger partial charge in [-0.25, -0.2) is 0 Å². The number of ether oxygens (including phenoxy) is 1. The van der Waals surface area contributed by atoms with Gasteiger partial charge in [0.05, 0.1) is 6.61 Å². The summed E-state index contributed by atoms with van der Waals surface area (Å²) in [7, 11) is 0. The second-order valence-electron chi connectivity index (χ2n) is 5.16. The molecule has 2 rings (SSSR count). The third kappa shape index (κ3) is 4.50. The predicted molar refractivity (Wildman–Crippen MR) is 97.6 cm³/mol. The molecule has 2 amide bonds. The predicted octanol–water partition coefficient (Wildman–Crippen LogP) is 2.75. The molecule has 1 aromatic carbocycles. The van der Waals surface area contributed by atoms with Crippen molar-refractivity contribution in [3.8, 4) is 5.75 Å². The van der Waals surface area contributed by atoms with E-state index in [1.54, 1.807) is 17.0 Å². The molecule has 1 fully saturated rings. The monoisotopic (exact) mass is 349 g/mol. The first-order valence-electron chi connectivity index (χ1n) is 8.14. The number of anilines is 1. The number of hydrogen-bond donors (Lipinski definition) is 1. The fraction of sp³-hybridized carbons (Fsp3) is 0.471. The van der Waals surface area contributed by atoms with Crippen molar-refractivity contribution in [1.82, 2.24) is 4.90 Å². The minimum absolute atomic E-state index is 0.0633. The highest BCUT2D eigenvalue weighted by Gasteiger charge is 2.34. The molecular weight excluding hydrogens is 326 g/mol. The quantitative estimate of drug-likeness (QED) is 0.857. The van der Waals surface area contributed by atoms with E-state index in [-0.39, 0.29) is 18.2 Å². The highest BCUT2D eigenvalue weighted by molar-refractivity contribution is 8.15. The molecule has 1 heterocycles. The highest BCUT2D eigenvalue weighted by atomic mass is 32.2. The Bertz CT molecular complexity index is 633. The molecule has 0 aromatic heterocycles. The highest BCUT2D eigenvalue weighted by Crippen LogP contribution is 2.28. The summed E-state index contributed by atoms with van der Waals surface area (Å²) in [6.45, 7) is 7.43. The van der Waals surface area contributed by atoms with Crippen LogP contribution in [0.3, 0.4) is 0 Å². The van der Waals surface area contributed by atoms with Gasteiger partial charge in [-0.15, -0.1) is 0 Å². The smallest absolute Gasteiger partial charge is 0.238 e. The summed E-state index contributed by atoms with van der Waals surface area (Å²) in [5.74, 6) is 0.446. The van der Waals surface area contributed by atoms with E-state index in [1.165, 1.54) is 11.8 Å². The van der Waals surface area contributed by atoms with Crippen LogP contribution in [-0.2, 0) is 9.59 Å². The summed E-state index contributed by atoms with van der Waals surface area (Å²) in [4.78, 5) is 30.8. The minimum atomic E-state index is -0.471. The standard InChI is InChI=1S/C17H23N3O3S/c1-4-18-17-20(5-2)15(21)11-14(24-17)16(22)19-12-8-7-9-13(10-12)23-6-3/h7-10,14H,4-6,11H2,1-3H3,(H,19,22)/t14-/m1/s1. The number of nitrogens with one attached hydrogen (secondary N) is 1. The Morgan fingerprint density at radius 2 is 2.21 bits per heavy atom. The van der Waals surface area contributed by atoms with Gasteiger partial charge in [-0.05, 0) is 32.9 Å². The molecule has 1 aliphatic heterocycles. The number of amides is 2. The lowest BCUT2D eigenvalue weighted by atomic mass is 10.2. The van der Waals surface area contributed by atoms with E-state index in [0.717, 1.165) is 0 Å². The van der Waals surface area contributed by atoms with Gasteiger partial charge >= 0.3 is 0 Å². The Labute approximate surface area is 146 Å². The summed E-state index contributed by atoms with van der Waals surface area (Å²) in [6, 6.07) is 7.23. The zero-order chi connectivity index (χ0) is 17.5. The molecule has 24 heavy (non-hydrogen) atoms. The molecular formula is C17H23N3O3S. The molecule has 1 aromatic rings. The number of thioether (sulfide) groups is 1. The first-order valence-corrected chi connectivity index (χ1v) is 9.02. The van der Waals surface area contributed by atoms with Crippen molar-refractivity contribution in [1.29, 1.82) is 0 Å². The molecule has 0 bridgehead atoms. The van der Waals surface area contributed by atoms with Crippen LogP contribution in [0.4, 0.5) is 5.69 Å². The topological polar surface area (TPSA) is 71.0 Å². The van der Waals surface area contributed by atoms with E-state index in [1.807, 2.05) is 32.9 Å². The molecule has 0 radical (unpaired) electrons. The largest absolute Gasteiger partial charge is 0.494 e. The first-order chi connectivity index (χ1) is 11.6. The maximum Gasteiger partial charge on any atom is 0.238 e. The number of rotatable bonds is 6. The van der Waals surface area contributed by atoms with Crippen LogP contribution < -0.4 is 10.1 Å². The first kappa shape index (κ1) is 18.3. The Balaban J connectivity index is 2.08. The Hall–Kier alpha value is -2.02. The molecule has 130 valence electrons. The van der Waals surface area contributed by atoms with Crippen LogP contribution in [0.1, 0.15) is 27.2 Å². The van der Waals surface area contributed by atoms with E-state index >= 15 is 0 Å². The lowest BCUT2D eigenvalue weighted by Gasteiger charge is -2.30. The van der Waals surface area contributed by atoms with Crippen LogP contribution in [0.2, 0.25) is 0 Å². The second-order valence-corrected chi connectivity index (χ2v) is 6.33. The molecule has 1 saturated heterocycles. The van der Waals surface area contributed by atoms with Crippen LogP contribution in [0.15, 0.2) is 29.3 Å². The number of hydrogen-bond acceptors (Lipinski definition) is 5. The van der Waals surface area contributed by atoms with Gasteiger partial charge in [0.25, 0.3) is 0 Å². The van der Waals surface area contributed by atoms with Crippen LogP contribution in [0, 0.1) is 0 Å². The van der Waals surface area contributed by atoms with E-state index in [0.29, 0.717) is 36.3 Å². The van der Waals surface area contributed by atoms with E-state index in [9.17, 15) is 9.59 Å². The lowest BCUT2D eigenvalue weighted by molar-refractivity contribution is -0.129. The fourth-order valence-corrected chi connectivity index (χ4v) is 3.58. The molecule has 0 spiro atoms. The molecule has 1 atom stereocenters.